The molecule has 3 saturated heterocycles. The van der Waals surface area contributed by atoms with Gasteiger partial charge in [0.25, 0.3) is 0 Å². The molecule has 16 unspecified atom stereocenters. The Labute approximate surface area is 476 Å². The summed E-state index contributed by atoms with van der Waals surface area (Å²) in [6.45, 7) is 4.04. The number of amides is 7. The molecule has 0 aliphatic carbocycles. The van der Waals surface area contributed by atoms with E-state index in [1.54, 1.807) is 0 Å². The van der Waals surface area contributed by atoms with Crippen LogP contribution in [0.4, 0.5) is 0 Å². The normalized spacial score (nSPS) is 28.9. The molecule has 0 radical (unpaired) electrons. The zero-order chi connectivity index (χ0) is 60.9. The highest BCUT2D eigenvalue weighted by Crippen LogP contribution is 2.25. The number of aliphatic hydroxyl groups excluding tert-OH is 10. The molecule has 31 nitrogen and oxygen atoms in total. The van der Waals surface area contributed by atoms with Crippen LogP contribution in [0.5, 0.6) is 0 Å². The lowest BCUT2D eigenvalue weighted by Crippen LogP contribution is -2.64. The molecule has 3 fully saturated rings. The second-order valence-electron chi connectivity index (χ2n) is 20.5. The summed E-state index contributed by atoms with van der Waals surface area (Å²) < 4.78 is 33.9. The van der Waals surface area contributed by atoms with E-state index in [1.807, 2.05) is 6.92 Å². The third-order valence-electron chi connectivity index (χ3n) is 13.7. The van der Waals surface area contributed by atoms with Crippen LogP contribution in [0.3, 0.4) is 0 Å². The fourth-order valence-electron chi connectivity index (χ4n) is 9.25. The number of carbonyl (C=O) groups is 7. The van der Waals surface area contributed by atoms with Crippen LogP contribution in [-0.2, 0) is 62.0 Å². The molecule has 7 amide bonds. The largest absolute Gasteiger partial charge is 0.394 e. The smallest absolute Gasteiger partial charge is 0.237 e. The molecular weight excluding hydrogens is 1090 g/mol. The van der Waals surface area contributed by atoms with E-state index in [1.165, 1.54) is 25.7 Å². The van der Waals surface area contributed by atoms with Crippen molar-refractivity contribution in [2.45, 2.75) is 209 Å². The minimum absolute atomic E-state index is 0.00104. The van der Waals surface area contributed by atoms with E-state index in [0.29, 0.717) is 51.5 Å². The molecule has 0 aromatic carbocycles. The van der Waals surface area contributed by atoms with Gasteiger partial charge in [-0.25, -0.2) is 0 Å². The fourth-order valence-corrected chi connectivity index (χ4v) is 9.25. The van der Waals surface area contributed by atoms with Gasteiger partial charge >= 0.3 is 0 Å². The second kappa shape index (κ2) is 38.5. The van der Waals surface area contributed by atoms with Gasteiger partial charge < -0.3 is 116 Å². The second-order valence-corrected chi connectivity index (χ2v) is 20.5. The first-order valence-corrected chi connectivity index (χ1v) is 28.1. The SMILES string of the molecule is CCCNC(=O)[C@H](CCC(=O)N(CCNC(=O)CCCCOC1OC(CO)C(O)C(O)C1NC(C)=O)CCNC(=O)CCCCOC1OC(CO)C(O)C(O)C1NC(C)=O)NC(O)CCCCOC1OC(CO)C(O)C(O)C1NC(C)=O. The van der Waals surface area contributed by atoms with Crippen molar-refractivity contribution < 1.29 is 113 Å². The molecule has 17 atom stereocenters. The minimum atomic E-state index is -1.49. The van der Waals surface area contributed by atoms with Crippen LogP contribution in [0.25, 0.3) is 0 Å². The summed E-state index contributed by atoms with van der Waals surface area (Å²) in [5.41, 5.74) is 0. The molecule has 82 heavy (non-hydrogen) atoms. The van der Waals surface area contributed by atoms with Crippen LogP contribution in [0.2, 0.25) is 0 Å². The van der Waals surface area contributed by atoms with E-state index in [-0.39, 0.29) is 89.9 Å². The number of hydrogen-bond donors (Lipinski definition) is 17. The molecule has 3 rings (SSSR count). The number of nitrogens with zero attached hydrogens (tertiary/aromatic N) is 1. The van der Waals surface area contributed by atoms with Gasteiger partial charge in [0.1, 0.15) is 79.3 Å². The van der Waals surface area contributed by atoms with Crippen molar-refractivity contribution in [3.05, 3.63) is 0 Å². The highest BCUT2D eigenvalue weighted by atomic mass is 16.7. The predicted molar refractivity (Wildman–Crippen MR) is 284 cm³/mol. The molecule has 31 heteroatoms. The highest BCUT2D eigenvalue weighted by molar-refractivity contribution is 5.83. The third kappa shape index (κ3) is 24.7. The first kappa shape index (κ1) is 71.9. The van der Waals surface area contributed by atoms with Crippen LogP contribution in [0.15, 0.2) is 0 Å². The Hall–Kier alpha value is -4.39. The monoisotopic (exact) mass is 1180 g/mol. The summed E-state index contributed by atoms with van der Waals surface area (Å²) in [4.78, 5) is 89.9. The van der Waals surface area contributed by atoms with Gasteiger partial charge in [0.15, 0.2) is 18.9 Å². The van der Waals surface area contributed by atoms with Crippen molar-refractivity contribution in [1.29, 1.82) is 0 Å². The van der Waals surface area contributed by atoms with Gasteiger partial charge in [-0.2, -0.15) is 0 Å². The first-order valence-electron chi connectivity index (χ1n) is 28.1. The maximum Gasteiger partial charge on any atom is 0.237 e. The van der Waals surface area contributed by atoms with Crippen LogP contribution < -0.4 is 37.2 Å². The molecule has 0 spiro atoms. The van der Waals surface area contributed by atoms with Crippen LogP contribution in [0.1, 0.15) is 105 Å². The Morgan fingerprint density at radius 2 is 0.878 bits per heavy atom. The van der Waals surface area contributed by atoms with E-state index in [9.17, 15) is 84.6 Å². The van der Waals surface area contributed by atoms with Crippen molar-refractivity contribution in [3.63, 3.8) is 0 Å². The standard InChI is InChI=1S/C51H92N8O23/c1-5-17-54-48(76)31(58-37(68)14-8-11-24-79-51-41(57-30(4)65)47(75)44(72)34(27-62)82-51)15-16-38(69)59(20-18-52-35(66)12-6-9-22-77-49-39(55-28(2)63)45(73)42(70)32(25-60)80-49)21-19-53-36(67)13-7-10-23-78-50-40(56-29(3)64)46(74)43(71)33(26-61)81-50/h31-34,37,39-47,49-51,58,60-62,68,70-75H,5-27H2,1-4H3,(H,52,66)(H,53,67)(H,54,76)(H,55,63)(H,56,64)(H,57,65)/t31-,32?,33?,34?,37?,39?,40?,41?,42?,43?,44?,45?,46?,47?,49?,50?,51?/m0/s1. The lowest BCUT2D eigenvalue weighted by atomic mass is 9.97. The van der Waals surface area contributed by atoms with E-state index in [4.69, 9.17) is 28.4 Å². The molecule has 17 N–H and O–H groups in total. The van der Waals surface area contributed by atoms with Gasteiger partial charge in [0.05, 0.1) is 25.9 Å². The van der Waals surface area contributed by atoms with E-state index >= 15 is 0 Å². The van der Waals surface area contributed by atoms with E-state index in [0.717, 1.165) is 0 Å². The number of unbranched alkanes of at least 4 members (excludes halogenated alkanes) is 3. The average Bonchev–Trinajstić information content (AvgIpc) is 3.55. The summed E-state index contributed by atoms with van der Waals surface area (Å²) in [6.07, 6.45) is -14.6. The van der Waals surface area contributed by atoms with Gasteiger partial charge in [0, 0.05) is 92.6 Å². The predicted octanol–water partition coefficient (Wildman–Crippen LogP) is -6.98. The molecule has 0 bridgehead atoms. The molecule has 474 valence electrons. The Balaban J connectivity index is 1.57. The van der Waals surface area contributed by atoms with Crippen molar-refractivity contribution in [2.24, 2.45) is 0 Å². The zero-order valence-corrected chi connectivity index (χ0v) is 47.3. The van der Waals surface area contributed by atoms with Crippen LogP contribution in [0, 0.1) is 0 Å². The summed E-state index contributed by atoms with van der Waals surface area (Å²) >= 11 is 0. The summed E-state index contributed by atoms with van der Waals surface area (Å²) in [5.74, 6) is -3.16. The average molecular weight is 1190 g/mol. The van der Waals surface area contributed by atoms with Gasteiger partial charge in [0.2, 0.25) is 41.4 Å². The Morgan fingerprint density at radius 1 is 0.500 bits per heavy atom. The molecule has 0 aromatic heterocycles. The molecule has 0 aromatic rings. The summed E-state index contributed by atoms with van der Waals surface area (Å²) in [5, 5.41) is 121. The van der Waals surface area contributed by atoms with Crippen LogP contribution >= 0.6 is 0 Å². The maximum absolute atomic E-state index is 13.9. The zero-order valence-electron chi connectivity index (χ0n) is 47.3. The quantitative estimate of drug-likeness (QED) is 0.0202. The number of carbonyl (C=O) groups excluding carboxylic acids is 7. The molecule has 0 saturated carbocycles. The summed E-state index contributed by atoms with van der Waals surface area (Å²) in [6, 6.07) is -4.41. The Morgan fingerprint density at radius 3 is 1.23 bits per heavy atom. The summed E-state index contributed by atoms with van der Waals surface area (Å²) in [7, 11) is 0. The molecule has 3 heterocycles. The number of rotatable bonds is 38. The van der Waals surface area contributed by atoms with E-state index < -0.39 is 154 Å². The lowest BCUT2D eigenvalue weighted by molar-refractivity contribution is -0.270. The van der Waals surface area contributed by atoms with Gasteiger partial charge in [-0.1, -0.05) is 6.92 Å². The Kier molecular flexibility index (Phi) is 33.8. The molecular formula is C51H92N8O23. The maximum atomic E-state index is 13.9. The van der Waals surface area contributed by atoms with Gasteiger partial charge in [-0.05, 0) is 57.8 Å². The van der Waals surface area contributed by atoms with Crippen molar-refractivity contribution in [3.8, 4) is 0 Å². The third-order valence-corrected chi connectivity index (χ3v) is 13.7. The van der Waals surface area contributed by atoms with Crippen molar-refractivity contribution in [1.82, 2.24) is 42.1 Å². The van der Waals surface area contributed by atoms with Crippen LogP contribution in [-0.4, -0.2) is 274 Å². The molecule has 3 aliphatic heterocycles. The highest BCUT2D eigenvalue weighted by Gasteiger charge is 2.48. The Bertz CT molecular complexity index is 1860. The number of ether oxygens (including phenoxy) is 6. The lowest BCUT2D eigenvalue weighted by Gasteiger charge is -2.42. The van der Waals surface area contributed by atoms with E-state index in [2.05, 4.69) is 37.2 Å². The number of hydrogen-bond acceptors (Lipinski definition) is 24. The topological polar surface area (TPSA) is 465 Å². The number of nitrogens with one attached hydrogen (secondary N) is 7. The first-order chi connectivity index (χ1) is 39.1. The van der Waals surface area contributed by atoms with Crippen molar-refractivity contribution in [2.75, 3.05) is 72.4 Å². The molecule has 3 aliphatic rings. The number of aliphatic hydroxyl groups is 10. The van der Waals surface area contributed by atoms with Gasteiger partial charge in [-0.3, -0.25) is 38.9 Å². The fraction of sp³-hybridized carbons (Fsp3) is 0.863. The van der Waals surface area contributed by atoms with Gasteiger partial charge in [-0.15, -0.1) is 0 Å². The minimum Gasteiger partial charge on any atom is -0.394 e. The van der Waals surface area contributed by atoms with Crippen molar-refractivity contribution >= 4 is 41.4 Å².